The second kappa shape index (κ2) is 5.84. The van der Waals surface area contributed by atoms with E-state index in [2.05, 4.69) is 10.4 Å². The molecule has 0 aliphatic heterocycles. The van der Waals surface area contributed by atoms with Crippen LogP contribution >= 0.6 is 0 Å². The Morgan fingerprint density at radius 2 is 2.16 bits per heavy atom. The van der Waals surface area contributed by atoms with Crippen LogP contribution in [0.15, 0.2) is 24.3 Å². The fourth-order valence-electron chi connectivity index (χ4n) is 1.97. The lowest BCUT2D eigenvalue weighted by Gasteiger charge is -2.11. The summed E-state index contributed by atoms with van der Waals surface area (Å²) in [5, 5.41) is 7.26. The van der Waals surface area contributed by atoms with Gasteiger partial charge in [0.05, 0.1) is 11.4 Å². The number of ether oxygens (including phenoxy) is 1. The Bertz CT molecular complexity index is 566. The van der Waals surface area contributed by atoms with E-state index in [9.17, 15) is 4.39 Å². The highest BCUT2D eigenvalue weighted by atomic mass is 19.1. The number of hydrogen-bond acceptors (Lipinski definition) is 3. The second-order valence-corrected chi connectivity index (χ2v) is 4.47. The van der Waals surface area contributed by atoms with Gasteiger partial charge >= 0.3 is 0 Å². The average molecular weight is 263 g/mol. The van der Waals surface area contributed by atoms with E-state index in [1.165, 1.54) is 12.1 Å². The minimum absolute atomic E-state index is 0.256. The monoisotopic (exact) mass is 263 g/mol. The number of benzene rings is 1. The zero-order valence-electron chi connectivity index (χ0n) is 11.4. The molecule has 0 spiro atoms. The van der Waals surface area contributed by atoms with Gasteiger partial charge in [0.1, 0.15) is 18.2 Å². The standard InChI is InChI=1S/C14H18FN3O/c1-10-6-13(18(3)17-10)9-19-14-5-4-12(15)7-11(14)8-16-2/h4-7,16H,8-9H2,1-3H3. The maximum atomic E-state index is 13.2. The summed E-state index contributed by atoms with van der Waals surface area (Å²) in [5.74, 6) is 0.434. The lowest BCUT2D eigenvalue weighted by Crippen LogP contribution is -2.09. The van der Waals surface area contributed by atoms with Crippen molar-refractivity contribution in [3.8, 4) is 5.75 Å². The first kappa shape index (κ1) is 13.5. The normalized spacial score (nSPS) is 10.7. The van der Waals surface area contributed by atoms with Gasteiger partial charge in [0.25, 0.3) is 0 Å². The zero-order valence-corrected chi connectivity index (χ0v) is 11.4. The molecule has 102 valence electrons. The number of aryl methyl sites for hydroxylation is 2. The fraction of sp³-hybridized carbons (Fsp3) is 0.357. The van der Waals surface area contributed by atoms with E-state index in [0.29, 0.717) is 18.9 Å². The highest BCUT2D eigenvalue weighted by Gasteiger charge is 2.07. The largest absolute Gasteiger partial charge is 0.487 e. The molecule has 0 fully saturated rings. The SMILES string of the molecule is CNCc1cc(F)ccc1OCc1cc(C)nn1C. The lowest BCUT2D eigenvalue weighted by molar-refractivity contribution is 0.291. The van der Waals surface area contributed by atoms with Crippen molar-refractivity contribution < 1.29 is 9.13 Å². The van der Waals surface area contributed by atoms with Crippen LogP contribution in [0.5, 0.6) is 5.75 Å². The maximum Gasteiger partial charge on any atom is 0.130 e. The molecule has 1 aromatic carbocycles. The second-order valence-electron chi connectivity index (χ2n) is 4.47. The molecular weight excluding hydrogens is 245 g/mol. The molecule has 0 amide bonds. The van der Waals surface area contributed by atoms with Crippen molar-refractivity contribution >= 4 is 0 Å². The molecule has 0 unspecified atom stereocenters. The minimum Gasteiger partial charge on any atom is -0.487 e. The van der Waals surface area contributed by atoms with Gasteiger partial charge in [-0.1, -0.05) is 0 Å². The molecule has 0 bridgehead atoms. The van der Waals surface area contributed by atoms with Crippen LogP contribution in [0.4, 0.5) is 4.39 Å². The number of nitrogens with one attached hydrogen (secondary N) is 1. The van der Waals surface area contributed by atoms with Gasteiger partial charge in [-0.15, -0.1) is 0 Å². The third-order valence-electron chi connectivity index (χ3n) is 2.86. The summed E-state index contributed by atoms with van der Waals surface area (Å²) in [4.78, 5) is 0. The summed E-state index contributed by atoms with van der Waals surface area (Å²) in [5.41, 5.74) is 2.74. The summed E-state index contributed by atoms with van der Waals surface area (Å²) in [7, 11) is 3.70. The third kappa shape index (κ3) is 3.32. The van der Waals surface area contributed by atoms with E-state index < -0.39 is 0 Å². The first-order valence-corrected chi connectivity index (χ1v) is 6.15. The highest BCUT2D eigenvalue weighted by molar-refractivity contribution is 5.34. The fourth-order valence-corrected chi connectivity index (χ4v) is 1.97. The molecule has 5 heteroatoms. The summed E-state index contributed by atoms with van der Waals surface area (Å²) < 4.78 is 20.7. The van der Waals surface area contributed by atoms with Crippen molar-refractivity contribution in [3.63, 3.8) is 0 Å². The molecule has 1 aromatic heterocycles. The van der Waals surface area contributed by atoms with Gasteiger partial charge in [-0.05, 0) is 38.2 Å². The van der Waals surface area contributed by atoms with Gasteiger partial charge in [0.15, 0.2) is 0 Å². The van der Waals surface area contributed by atoms with Gasteiger partial charge in [-0.3, -0.25) is 4.68 Å². The van der Waals surface area contributed by atoms with Gasteiger partial charge < -0.3 is 10.1 Å². The summed E-state index contributed by atoms with van der Waals surface area (Å²) in [6.07, 6.45) is 0. The molecule has 4 nitrogen and oxygen atoms in total. The first-order chi connectivity index (χ1) is 9.10. The predicted octanol–water partition coefficient (Wildman–Crippen LogP) is 2.17. The third-order valence-corrected chi connectivity index (χ3v) is 2.86. The van der Waals surface area contributed by atoms with Crippen LogP contribution in [0.3, 0.4) is 0 Å². The van der Waals surface area contributed by atoms with Crippen molar-refractivity contribution in [2.45, 2.75) is 20.1 Å². The van der Waals surface area contributed by atoms with Crippen molar-refractivity contribution in [1.82, 2.24) is 15.1 Å². The van der Waals surface area contributed by atoms with Crippen LogP contribution < -0.4 is 10.1 Å². The number of rotatable bonds is 5. The zero-order chi connectivity index (χ0) is 13.8. The summed E-state index contributed by atoms with van der Waals surface area (Å²) >= 11 is 0. The summed E-state index contributed by atoms with van der Waals surface area (Å²) in [6.45, 7) is 2.92. The topological polar surface area (TPSA) is 39.1 Å². The molecule has 2 rings (SSSR count). The van der Waals surface area contributed by atoms with E-state index in [4.69, 9.17) is 4.74 Å². The first-order valence-electron chi connectivity index (χ1n) is 6.15. The molecule has 0 aliphatic carbocycles. The van der Waals surface area contributed by atoms with E-state index in [0.717, 1.165) is 17.0 Å². The van der Waals surface area contributed by atoms with Gasteiger partial charge in [-0.2, -0.15) is 5.10 Å². The number of halogens is 1. The van der Waals surface area contributed by atoms with Gasteiger partial charge in [-0.25, -0.2) is 4.39 Å². The quantitative estimate of drug-likeness (QED) is 0.898. The van der Waals surface area contributed by atoms with Gasteiger partial charge in [0, 0.05) is 19.2 Å². The predicted molar refractivity (Wildman–Crippen MR) is 71.4 cm³/mol. The average Bonchev–Trinajstić information content (AvgIpc) is 2.67. The smallest absolute Gasteiger partial charge is 0.130 e. The molecular formula is C14H18FN3O. The van der Waals surface area contributed by atoms with Crippen molar-refractivity contribution in [1.29, 1.82) is 0 Å². The maximum absolute atomic E-state index is 13.2. The molecule has 0 saturated heterocycles. The molecule has 19 heavy (non-hydrogen) atoms. The Labute approximate surface area is 112 Å². The molecule has 0 radical (unpaired) electrons. The van der Waals surface area contributed by atoms with Crippen molar-refractivity contribution in [2.75, 3.05) is 7.05 Å². The highest BCUT2D eigenvalue weighted by Crippen LogP contribution is 2.21. The Hall–Kier alpha value is -1.88. The summed E-state index contributed by atoms with van der Waals surface area (Å²) in [6, 6.07) is 6.52. The van der Waals surface area contributed by atoms with E-state index in [-0.39, 0.29) is 5.82 Å². The van der Waals surface area contributed by atoms with Crippen molar-refractivity contribution in [2.24, 2.45) is 7.05 Å². The van der Waals surface area contributed by atoms with Crippen LogP contribution in [-0.2, 0) is 20.2 Å². The molecule has 1 N–H and O–H groups in total. The van der Waals surface area contributed by atoms with Crippen molar-refractivity contribution in [3.05, 3.63) is 47.0 Å². The van der Waals surface area contributed by atoms with Crippen LogP contribution in [0.25, 0.3) is 0 Å². The van der Waals surface area contributed by atoms with E-state index >= 15 is 0 Å². The lowest BCUT2D eigenvalue weighted by atomic mass is 10.2. The Balaban J connectivity index is 2.12. The Morgan fingerprint density at radius 1 is 1.37 bits per heavy atom. The molecule has 0 atom stereocenters. The van der Waals surface area contributed by atoms with Crippen LogP contribution in [0.1, 0.15) is 17.0 Å². The van der Waals surface area contributed by atoms with Crippen LogP contribution in [0.2, 0.25) is 0 Å². The number of hydrogen-bond donors (Lipinski definition) is 1. The molecule has 0 saturated carbocycles. The number of aromatic nitrogens is 2. The van der Waals surface area contributed by atoms with Crippen LogP contribution in [-0.4, -0.2) is 16.8 Å². The Kier molecular flexibility index (Phi) is 4.16. The number of nitrogens with zero attached hydrogens (tertiary/aromatic N) is 2. The van der Waals surface area contributed by atoms with Gasteiger partial charge in [0.2, 0.25) is 0 Å². The van der Waals surface area contributed by atoms with E-state index in [1.807, 2.05) is 27.1 Å². The molecule has 2 aromatic rings. The van der Waals surface area contributed by atoms with Crippen LogP contribution in [0, 0.1) is 12.7 Å². The Morgan fingerprint density at radius 3 is 2.79 bits per heavy atom. The van der Waals surface area contributed by atoms with E-state index in [1.54, 1.807) is 10.7 Å². The molecule has 0 aliphatic rings. The molecule has 1 heterocycles. The minimum atomic E-state index is -0.256.